The number of nitrogens with one attached hydrogen (secondary N) is 1. The third-order valence-electron chi connectivity index (χ3n) is 5.60. The number of hydrogen-bond acceptors (Lipinski definition) is 4. The van der Waals surface area contributed by atoms with Crippen LogP contribution in [-0.4, -0.2) is 40.7 Å². The Morgan fingerprint density at radius 3 is 2.86 bits per heavy atom. The third-order valence-corrected chi connectivity index (χ3v) is 6.51. The minimum atomic E-state index is -2.72. The molecule has 1 aliphatic heterocycles. The van der Waals surface area contributed by atoms with Crippen LogP contribution in [0, 0.1) is 12.8 Å². The lowest BCUT2D eigenvalue weighted by Gasteiger charge is -2.36. The number of alkyl halides is 2. The van der Waals surface area contributed by atoms with Gasteiger partial charge in [-0.3, -0.25) is 9.59 Å². The zero-order valence-electron chi connectivity index (χ0n) is 16.2. The molecule has 2 aromatic rings. The maximum atomic E-state index is 13.0. The molecule has 0 spiro atoms. The Morgan fingerprint density at radius 1 is 1.34 bits per heavy atom. The average molecular weight is 419 g/mol. The Labute approximate surface area is 172 Å². The molecule has 1 aromatic heterocycles. The number of carbonyl (C=O) groups excluding carboxylic acids is 2. The van der Waals surface area contributed by atoms with Crippen LogP contribution < -0.4 is 5.32 Å². The molecule has 8 heteroatoms. The monoisotopic (exact) mass is 419 g/mol. The summed E-state index contributed by atoms with van der Waals surface area (Å²) in [5.74, 6) is -3.83. The van der Waals surface area contributed by atoms with Gasteiger partial charge in [-0.05, 0) is 12.5 Å². The van der Waals surface area contributed by atoms with Crippen molar-refractivity contribution in [2.75, 3.05) is 13.1 Å². The molecule has 1 atom stereocenters. The number of nitrogens with zero attached hydrogens (tertiary/aromatic N) is 2. The number of hydrogen-bond donors (Lipinski definition) is 1. The Kier molecular flexibility index (Phi) is 5.38. The molecular weight excluding hydrogens is 396 g/mol. The lowest BCUT2D eigenvalue weighted by atomic mass is 9.81. The predicted octanol–water partition coefficient (Wildman–Crippen LogP) is 3.48. The Bertz CT molecular complexity index is 922. The number of benzene rings is 1. The first kappa shape index (κ1) is 19.9. The van der Waals surface area contributed by atoms with E-state index in [4.69, 9.17) is 0 Å². The van der Waals surface area contributed by atoms with Crippen LogP contribution in [0.5, 0.6) is 0 Å². The Morgan fingerprint density at radius 2 is 2.14 bits per heavy atom. The number of halogens is 2. The summed E-state index contributed by atoms with van der Waals surface area (Å²) >= 11 is 1.61. The zero-order valence-corrected chi connectivity index (χ0v) is 17.0. The summed E-state index contributed by atoms with van der Waals surface area (Å²) < 4.78 is 25.8. The van der Waals surface area contributed by atoms with Crippen molar-refractivity contribution in [1.29, 1.82) is 0 Å². The third kappa shape index (κ3) is 4.17. The Balaban J connectivity index is 1.42. The van der Waals surface area contributed by atoms with Gasteiger partial charge in [0.25, 0.3) is 0 Å². The van der Waals surface area contributed by atoms with Crippen molar-refractivity contribution >= 4 is 23.2 Å². The summed E-state index contributed by atoms with van der Waals surface area (Å²) in [6, 6.07) is 7.82. The second kappa shape index (κ2) is 7.82. The molecule has 1 fully saturated rings. The highest BCUT2D eigenvalue weighted by Crippen LogP contribution is 2.42. The van der Waals surface area contributed by atoms with Gasteiger partial charge in [0, 0.05) is 49.6 Å². The lowest BCUT2D eigenvalue weighted by Crippen LogP contribution is -2.46. The smallest absolute Gasteiger partial charge is 0.249 e. The molecule has 1 saturated carbocycles. The first-order valence-electron chi connectivity index (χ1n) is 9.78. The fourth-order valence-electron chi connectivity index (χ4n) is 4.06. The summed E-state index contributed by atoms with van der Waals surface area (Å²) in [5, 5.41) is 2.64. The van der Waals surface area contributed by atoms with Crippen molar-refractivity contribution in [3.05, 3.63) is 51.5 Å². The molecule has 4 rings (SSSR count). The van der Waals surface area contributed by atoms with Gasteiger partial charge in [-0.2, -0.15) is 0 Å². The van der Waals surface area contributed by atoms with E-state index in [2.05, 4.69) is 16.4 Å². The minimum absolute atomic E-state index is 0.0746. The first-order chi connectivity index (χ1) is 13.8. The molecule has 5 nitrogen and oxygen atoms in total. The van der Waals surface area contributed by atoms with E-state index in [1.807, 2.05) is 35.5 Å². The van der Waals surface area contributed by atoms with Crippen LogP contribution in [0.4, 0.5) is 8.78 Å². The van der Waals surface area contributed by atoms with Crippen molar-refractivity contribution in [3.63, 3.8) is 0 Å². The SMILES string of the molecule is Cc1cccc(C2c3ncsc3CCN2C(=O)CCNC(=O)C2CC(F)(F)C2)c1. The van der Waals surface area contributed by atoms with E-state index in [0.29, 0.717) is 6.54 Å². The molecule has 29 heavy (non-hydrogen) atoms. The van der Waals surface area contributed by atoms with Gasteiger partial charge in [-0.1, -0.05) is 29.8 Å². The molecule has 2 amide bonds. The van der Waals surface area contributed by atoms with E-state index in [0.717, 1.165) is 23.2 Å². The highest BCUT2D eigenvalue weighted by molar-refractivity contribution is 7.09. The van der Waals surface area contributed by atoms with Crippen LogP contribution in [0.15, 0.2) is 29.8 Å². The van der Waals surface area contributed by atoms with Gasteiger partial charge >= 0.3 is 0 Å². The van der Waals surface area contributed by atoms with Crippen LogP contribution in [0.25, 0.3) is 0 Å². The van der Waals surface area contributed by atoms with Crippen LogP contribution >= 0.6 is 11.3 Å². The number of amides is 2. The molecule has 1 N–H and O–H groups in total. The van der Waals surface area contributed by atoms with Crippen molar-refractivity contribution in [2.45, 2.75) is 44.6 Å². The van der Waals surface area contributed by atoms with Crippen LogP contribution in [-0.2, 0) is 16.0 Å². The van der Waals surface area contributed by atoms with E-state index >= 15 is 0 Å². The fourth-order valence-corrected chi connectivity index (χ4v) is 4.85. The van der Waals surface area contributed by atoms with Crippen LogP contribution in [0.3, 0.4) is 0 Å². The highest BCUT2D eigenvalue weighted by atomic mass is 32.1. The van der Waals surface area contributed by atoms with E-state index in [9.17, 15) is 18.4 Å². The number of thiazole rings is 1. The number of carbonyl (C=O) groups is 2. The van der Waals surface area contributed by atoms with Gasteiger partial charge in [0.05, 0.1) is 11.2 Å². The van der Waals surface area contributed by atoms with Crippen molar-refractivity contribution in [2.24, 2.45) is 5.92 Å². The zero-order chi connectivity index (χ0) is 20.6. The topological polar surface area (TPSA) is 62.3 Å². The van der Waals surface area contributed by atoms with Gasteiger partial charge in [0.2, 0.25) is 17.7 Å². The highest BCUT2D eigenvalue weighted by Gasteiger charge is 2.48. The lowest BCUT2D eigenvalue weighted by molar-refractivity contribution is -0.150. The molecule has 2 heterocycles. The normalized spacial score (nSPS) is 20.7. The molecular formula is C21H23F2N3O2S. The molecule has 1 aliphatic carbocycles. The second-order valence-corrected chi connectivity index (χ2v) is 8.76. The van der Waals surface area contributed by atoms with Crippen molar-refractivity contribution in [3.8, 4) is 0 Å². The molecule has 1 aromatic carbocycles. The average Bonchev–Trinajstić information content (AvgIpc) is 3.13. The standard InChI is InChI=1S/C21H23F2N3O2S/c1-13-3-2-4-14(9-13)19-18-16(29-12-25-18)6-8-26(19)17(27)5-7-24-20(28)15-10-21(22,23)11-15/h2-4,9,12,15,19H,5-8,10-11H2,1H3,(H,24,28). The second-order valence-electron chi connectivity index (χ2n) is 7.82. The van der Waals surface area contributed by atoms with E-state index in [-0.39, 0.29) is 30.8 Å². The number of fused-ring (bicyclic) bond motifs is 1. The van der Waals surface area contributed by atoms with Gasteiger partial charge in [0.15, 0.2) is 0 Å². The molecule has 154 valence electrons. The largest absolute Gasteiger partial charge is 0.355 e. The van der Waals surface area contributed by atoms with Crippen molar-refractivity contribution < 1.29 is 18.4 Å². The summed E-state index contributed by atoms with van der Waals surface area (Å²) in [6.45, 7) is 2.76. The molecule has 2 aliphatic rings. The summed E-state index contributed by atoms with van der Waals surface area (Å²) in [7, 11) is 0. The van der Waals surface area contributed by atoms with Gasteiger partial charge in [-0.15, -0.1) is 11.3 Å². The number of rotatable bonds is 5. The summed E-state index contributed by atoms with van der Waals surface area (Å²) in [4.78, 5) is 32.5. The quantitative estimate of drug-likeness (QED) is 0.807. The van der Waals surface area contributed by atoms with Crippen molar-refractivity contribution in [1.82, 2.24) is 15.2 Å². The van der Waals surface area contributed by atoms with Crippen LogP contribution in [0.1, 0.15) is 47.0 Å². The molecule has 0 bridgehead atoms. The summed E-state index contributed by atoms with van der Waals surface area (Å²) in [5.41, 5.74) is 4.87. The fraction of sp³-hybridized carbons (Fsp3) is 0.476. The maximum Gasteiger partial charge on any atom is 0.249 e. The Hall–Kier alpha value is -2.35. The van der Waals surface area contributed by atoms with Gasteiger partial charge in [-0.25, -0.2) is 13.8 Å². The van der Waals surface area contributed by atoms with E-state index in [1.54, 1.807) is 11.3 Å². The van der Waals surface area contributed by atoms with Crippen LogP contribution in [0.2, 0.25) is 0 Å². The minimum Gasteiger partial charge on any atom is -0.355 e. The maximum absolute atomic E-state index is 13.0. The molecule has 0 saturated heterocycles. The number of aromatic nitrogens is 1. The molecule has 1 unspecified atom stereocenters. The number of aryl methyl sites for hydroxylation is 1. The predicted molar refractivity (Wildman–Crippen MR) is 106 cm³/mol. The summed E-state index contributed by atoms with van der Waals surface area (Å²) in [6.07, 6.45) is 0.0933. The van der Waals surface area contributed by atoms with Gasteiger partial charge < -0.3 is 10.2 Å². The first-order valence-corrected chi connectivity index (χ1v) is 10.7. The van der Waals surface area contributed by atoms with E-state index < -0.39 is 24.7 Å². The van der Waals surface area contributed by atoms with Gasteiger partial charge in [0.1, 0.15) is 6.04 Å². The van der Waals surface area contributed by atoms with E-state index in [1.165, 1.54) is 4.88 Å². The molecule has 0 radical (unpaired) electrons.